The van der Waals surface area contributed by atoms with E-state index in [0.29, 0.717) is 13.0 Å². The molecule has 0 unspecified atom stereocenters. The van der Waals surface area contributed by atoms with Gasteiger partial charge in [-0.05, 0) is 23.6 Å². The summed E-state index contributed by atoms with van der Waals surface area (Å²) in [5.74, 6) is -0.0577. The molecule has 0 aliphatic rings. The smallest absolute Gasteiger partial charge is 0.239 e. The minimum Gasteiger partial charge on any atom is -0.340 e. The van der Waals surface area contributed by atoms with Crippen molar-refractivity contribution in [2.45, 2.75) is 19.0 Å². The summed E-state index contributed by atoms with van der Waals surface area (Å²) in [7, 11) is 1.76. The second kappa shape index (κ2) is 6.82. The van der Waals surface area contributed by atoms with Crippen LogP contribution in [0.3, 0.4) is 0 Å². The van der Waals surface area contributed by atoms with E-state index in [4.69, 9.17) is 5.73 Å². The number of nitrogens with zero attached hydrogens (tertiary/aromatic N) is 2. The van der Waals surface area contributed by atoms with Crippen molar-refractivity contribution < 1.29 is 4.79 Å². The fraction of sp³-hybridized carbons (Fsp3) is 0.250. The molecule has 104 valence electrons. The van der Waals surface area contributed by atoms with Gasteiger partial charge in [0.2, 0.25) is 5.91 Å². The molecule has 0 saturated carbocycles. The molecule has 0 radical (unpaired) electrons. The summed E-state index contributed by atoms with van der Waals surface area (Å²) in [5, 5.41) is 0. The van der Waals surface area contributed by atoms with Crippen LogP contribution in [0, 0.1) is 0 Å². The zero-order valence-electron chi connectivity index (χ0n) is 11.6. The average molecular weight is 269 g/mol. The van der Waals surface area contributed by atoms with Gasteiger partial charge in [0.15, 0.2) is 0 Å². The van der Waals surface area contributed by atoms with Gasteiger partial charge in [0.05, 0.1) is 6.04 Å². The molecule has 1 heterocycles. The van der Waals surface area contributed by atoms with Gasteiger partial charge < -0.3 is 10.6 Å². The van der Waals surface area contributed by atoms with Crippen molar-refractivity contribution in [1.29, 1.82) is 0 Å². The van der Waals surface area contributed by atoms with Crippen LogP contribution >= 0.6 is 0 Å². The Kier molecular flexibility index (Phi) is 4.85. The Bertz CT molecular complexity index is 493. The number of pyridine rings is 1. The molecule has 2 N–H and O–H groups in total. The molecule has 0 aliphatic heterocycles. The maximum atomic E-state index is 12.2. The Labute approximate surface area is 119 Å². The zero-order valence-corrected chi connectivity index (χ0v) is 11.6. The highest BCUT2D eigenvalue weighted by Gasteiger charge is 2.18. The van der Waals surface area contributed by atoms with Crippen LogP contribution in [0.15, 0.2) is 54.9 Å². The summed E-state index contributed by atoms with van der Waals surface area (Å²) in [6.45, 7) is 0.523. The molecular weight excluding hydrogens is 250 g/mol. The predicted molar refractivity (Wildman–Crippen MR) is 78.8 cm³/mol. The monoisotopic (exact) mass is 269 g/mol. The minimum atomic E-state index is -0.515. The number of rotatable bonds is 5. The van der Waals surface area contributed by atoms with E-state index in [-0.39, 0.29) is 5.91 Å². The Balaban J connectivity index is 1.93. The Hall–Kier alpha value is -2.20. The third kappa shape index (κ3) is 3.90. The van der Waals surface area contributed by atoms with Gasteiger partial charge in [-0.2, -0.15) is 0 Å². The Morgan fingerprint density at radius 2 is 1.90 bits per heavy atom. The van der Waals surface area contributed by atoms with Gasteiger partial charge in [0.25, 0.3) is 0 Å². The number of carbonyl (C=O) groups is 1. The number of nitrogens with two attached hydrogens (primary N) is 1. The molecule has 0 aliphatic carbocycles. The van der Waals surface area contributed by atoms with Crippen molar-refractivity contribution in [1.82, 2.24) is 9.88 Å². The second-order valence-corrected chi connectivity index (χ2v) is 4.85. The zero-order chi connectivity index (χ0) is 14.4. The molecule has 0 fully saturated rings. The van der Waals surface area contributed by atoms with Gasteiger partial charge in [0, 0.05) is 26.0 Å². The van der Waals surface area contributed by atoms with Crippen LogP contribution in [-0.2, 0) is 17.8 Å². The van der Waals surface area contributed by atoms with E-state index in [0.717, 1.165) is 11.1 Å². The van der Waals surface area contributed by atoms with Crippen LogP contribution in [0.1, 0.15) is 11.1 Å². The van der Waals surface area contributed by atoms with Crippen LogP contribution in [0.2, 0.25) is 0 Å². The number of hydrogen-bond acceptors (Lipinski definition) is 3. The average Bonchev–Trinajstić information content (AvgIpc) is 2.48. The van der Waals surface area contributed by atoms with Crippen molar-refractivity contribution in [3.05, 3.63) is 66.0 Å². The van der Waals surface area contributed by atoms with Crippen LogP contribution in [0.25, 0.3) is 0 Å². The number of carbonyl (C=O) groups excluding carboxylic acids is 1. The number of aromatic nitrogens is 1. The van der Waals surface area contributed by atoms with E-state index >= 15 is 0 Å². The van der Waals surface area contributed by atoms with Gasteiger partial charge in [0.1, 0.15) is 0 Å². The third-order valence-electron chi connectivity index (χ3n) is 3.13. The summed E-state index contributed by atoms with van der Waals surface area (Å²) in [6, 6.07) is 13.1. The summed E-state index contributed by atoms with van der Waals surface area (Å²) < 4.78 is 0. The van der Waals surface area contributed by atoms with Crippen LogP contribution in [0.4, 0.5) is 0 Å². The molecule has 2 rings (SSSR count). The SMILES string of the molecule is CN(Cc1cccnc1)C(=O)[C@@H](N)Cc1ccccc1. The molecule has 0 spiro atoms. The number of amides is 1. The van der Waals surface area contributed by atoms with Gasteiger partial charge >= 0.3 is 0 Å². The first-order valence-electron chi connectivity index (χ1n) is 6.60. The molecule has 2 aromatic rings. The lowest BCUT2D eigenvalue weighted by Crippen LogP contribution is -2.42. The van der Waals surface area contributed by atoms with Crippen molar-refractivity contribution in [3.63, 3.8) is 0 Å². The Morgan fingerprint density at radius 3 is 2.55 bits per heavy atom. The first-order chi connectivity index (χ1) is 9.66. The molecule has 1 aromatic carbocycles. The van der Waals surface area contributed by atoms with Crippen molar-refractivity contribution >= 4 is 5.91 Å². The standard InChI is InChI=1S/C16H19N3O/c1-19(12-14-8-5-9-18-11-14)16(20)15(17)10-13-6-3-2-4-7-13/h2-9,11,15H,10,12,17H2,1H3/t15-/m0/s1. The fourth-order valence-electron chi connectivity index (χ4n) is 2.08. The fourth-order valence-corrected chi connectivity index (χ4v) is 2.08. The highest BCUT2D eigenvalue weighted by atomic mass is 16.2. The van der Waals surface area contributed by atoms with Crippen molar-refractivity contribution in [2.75, 3.05) is 7.05 Å². The maximum absolute atomic E-state index is 12.2. The van der Waals surface area contributed by atoms with Gasteiger partial charge in [-0.1, -0.05) is 36.4 Å². The molecule has 0 bridgehead atoms. The molecular formula is C16H19N3O. The molecule has 1 aromatic heterocycles. The molecule has 0 saturated heterocycles. The van der Waals surface area contributed by atoms with E-state index < -0.39 is 6.04 Å². The topological polar surface area (TPSA) is 59.2 Å². The number of likely N-dealkylation sites (N-methyl/N-ethyl adjacent to an activating group) is 1. The quantitative estimate of drug-likeness (QED) is 0.897. The van der Waals surface area contributed by atoms with Crippen molar-refractivity contribution in [2.24, 2.45) is 5.73 Å². The van der Waals surface area contributed by atoms with Crippen LogP contribution in [-0.4, -0.2) is 28.9 Å². The first-order valence-corrected chi connectivity index (χ1v) is 6.60. The normalized spacial score (nSPS) is 11.9. The summed E-state index contributed by atoms with van der Waals surface area (Å²) >= 11 is 0. The molecule has 20 heavy (non-hydrogen) atoms. The second-order valence-electron chi connectivity index (χ2n) is 4.85. The van der Waals surface area contributed by atoms with Crippen molar-refractivity contribution in [3.8, 4) is 0 Å². The van der Waals surface area contributed by atoms with Gasteiger partial charge in [-0.3, -0.25) is 9.78 Å². The molecule has 4 heteroatoms. The highest BCUT2D eigenvalue weighted by Crippen LogP contribution is 2.06. The third-order valence-corrected chi connectivity index (χ3v) is 3.13. The lowest BCUT2D eigenvalue weighted by atomic mass is 10.1. The van der Waals surface area contributed by atoms with Crippen LogP contribution < -0.4 is 5.73 Å². The van der Waals surface area contributed by atoms with E-state index in [1.165, 1.54) is 0 Å². The van der Waals surface area contributed by atoms with Gasteiger partial charge in [-0.25, -0.2) is 0 Å². The Morgan fingerprint density at radius 1 is 1.20 bits per heavy atom. The first kappa shape index (κ1) is 14.2. The van der Waals surface area contributed by atoms with E-state index in [1.807, 2.05) is 42.5 Å². The molecule has 4 nitrogen and oxygen atoms in total. The van der Waals surface area contributed by atoms with E-state index in [2.05, 4.69) is 4.98 Å². The lowest BCUT2D eigenvalue weighted by molar-refractivity contribution is -0.131. The van der Waals surface area contributed by atoms with E-state index in [9.17, 15) is 4.79 Å². The van der Waals surface area contributed by atoms with E-state index in [1.54, 1.807) is 24.3 Å². The predicted octanol–water partition coefficient (Wildman–Crippen LogP) is 1.61. The summed E-state index contributed by atoms with van der Waals surface area (Å²) in [6.07, 6.45) is 4.02. The lowest BCUT2D eigenvalue weighted by Gasteiger charge is -2.21. The summed E-state index contributed by atoms with van der Waals surface area (Å²) in [4.78, 5) is 17.9. The maximum Gasteiger partial charge on any atom is 0.239 e. The van der Waals surface area contributed by atoms with Gasteiger partial charge in [-0.15, -0.1) is 0 Å². The van der Waals surface area contributed by atoms with Crippen LogP contribution in [0.5, 0.6) is 0 Å². The molecule has 1 amide bonds. The number of hydrogen-bond donors (Lipinski definition) is 1. The molecule has 1 atom stereocenters. The highest BCUT2D eigenvalue weighted by molar-refractivity contribution is 5.81. The summed E-state index contributed by atoms with van der Waals surface area (Å²) in [5.41, 5.74) is 8.06. The minimum absolute atomic E-state index is 0.0577. The largest absolute Gasteiger partial charge is 0.340 e. The number of benzene rings is 1.